The van der Waals surface area contributed by atoms with Crippen LogP contribution >= 0.6 is 11.6 Å². The summed E-state index contributed by atoms with van der Waals surface area (Å²) in [5.74, 6) is 0.615. The summed E-state index contributed by atoms with van der Waals surface area (Å²) in [4.78, 5) is 2.44. The quantitative estimate of drug-likeness (QED) is 0.852. The molecule has 1 aromatic carbocycles. The first-order valence-electron chi connectivity index (χ1n) is 6.67. The van der Waals surface area contributed by atoms with Gasteiger partial charge in [-0.3, -0.25) is 4.90 Å². The van der Waals surface area contributed by atoms with Crippen LogP contribution in [0.15, 0.2) is 24.3 Å². The molecule has 1 atom stereocenters. The zero-order valence-corrected chi connectivity index (χ0v) is 12.6. The Balaban J connectivity index is 3.02. The van der Waals surface area contributed by atoms with Crippen LogP contribution in [0.1, 0.15) is 39.3 Å². The van der Waals surface area contributed by atoms with Crippen LogP contribution in [-0.2, 0) is 0 Å². The van der Waals surface area contributed by atoms with Gasteiger partial charge >= 0.3 is 0 Å². The van der Waals surface area contributed by atoms with Crippen molar-refractivity contribution in [3.8, 4) is 0 Å². The fraction of sp³-hybridized carbons (Fsp3) is 0.600. The van der Waals surface area contributed by atoms with Crippen LogP contribution in [0.3, 0.4) is 0 Å². The lowest BCUT2D eigenvalue weighted by Gasteiger charge is -2.36. The van der Waals surface area contributed by atoms with E-state index >= 15 is 0 Å². The van der Waals surface area contributed by atoms with E-state index < -0.39 is 0 Å². The van der Waals surface area contributed by atoms with E-state index in [9.17, 15) is 0 Å². The lowest BCUT2D eigenvalue weighted by Crippen LogP contribution is -2.41. The van der Waals surface area contributed by atoms with Gasteiger partial charge in [0.2, 0.25) is 0 Å². The molecule has 0 bridgehead atoms. The second-order valence-corrected chi connectivity index (χ2v) is 5.86. The standard InChI is InChI=1S/C15H25ClN2/c1-11(2)10-18(12(3)4)15(9-17)13-7-5-6-8-14(13)16/h5-8,11-12,15H,9-10,17H2,1-4H3. The van der Waals surface area contributed by atoms with Gasteiger partial charge in [-0.05, 0) is 31.4 Å². The molecule has 0 heterocycles. The first-order valence-corrected chi connectivity index (χ1v) is 7.05. The van der Waals surface area contributed by atoms with Crippen LogP contribution in [0.5, 0.6) is 0 Å². The zero-order chi connectivity index (χ0) is 13.7. The summed E-state index contributed by atoms with van der Waals surface area (Å²) in [6.07, 6.45) is 0. The van der Waals surface area contributed by atoms with Crippen molar-refractivity contribution >= 4 is 11.6 Å². The third kappa shape index (κ3) is 3.98. The molecule has 0 amide bonds. The van der Waals surface area contributed by atoms with E-state index in [1.54, 1.807) is 0 Å². The molecule has 0 aliphatic rings. The van der Waals surface area contributed by atoms with Crippen LogP contribution < -0.4 is 5.73 Å². The highest BCUT2D eigenvalue weighted by Gasteiger charge is 2.23. The van der Waals surface area contributed by atoms with E-state index in [-0.39, 0.29) is 6.04 Å². The van der Waals surface area contributed by atoms with Crippen molar-refractivity contribution in [3.63, 3.8) is 0 Å². The van der Waals surface area contributed by atoms with Crippen LogP contribution in [0.2, 0.25) is 5.02 Å². The van der Waals surface area contributed by atoms with E-state index in [0.717, 1.165) is 17.1 Å². The molecule has 18 heavy (non-hydrogen) atoms. The number of nitrogens with two attached hydrogens (primary N) is 1. The predicted octanol–water partition coefficient (Wildman–Crippen LogP) is 3.71. The van der Waals surface area contributed by atoms with Gasteiger partial charge in [0.05, 0.1) is 0 Å². The first-order chi connectivity index (χ1) is 8.47. The summed E-state index contributed by atoms with van der Waals surface area (Å²) in [7, 11) is 0. The molecule has 3 heteroatoms. The number of nitrogens with zero attached hydrogens (tertiary/aromatic N) is 1. The first kappa shape index (κ1) is 15.5. The lowest BCUT2D eigenvalue weighted by molar-refractivity contribution is 0.138. The van der Waals surface area contributed by atoms with Gasteiger partial charge in [-0.1, -0.05) is 43.6 Å². The van der Waals surface area contributed by atoms with Crippen molar-refractivity contribution in [1.82, 2.24) is 4.90 Å². The maximum absolute atomic E-state index is 6.30. The molecular formula is C15H25ClN2. The van der Waals surface area contributed by atoms with Gasteiger partial charge in [-0.15, -0.1) is 0 Å². The number of hydrogen-bond acceptors (Lipinski definition) is 2. The summed E-state index contributed by atoms with van der Waals surface area (Å²) < 4.78 is 0. The topological polar surface area (TPSA) is 29.3 Å². The summed E-state index contributed by atoms with van der Waals surface area (Å²) >= 11 is 6.30. The molecule has 2 N–H and O–H groups in total. The Hall–Kier alpha value is -0.570. The molecule has 0 aliphatic heterocycles. The largest absolute Gasteiger partial charge is 0.329 e. The second-order valence-electron chi connectivity index (χ2n) is 5.46. The summed E-state index contributed by atoms with van der Waals surface area (Å²) in [5.41, 5.74) is 7.12. The van der Waals surface area contributed by atoms with Gasteiger partial charge in [0.1, 0.15) is 0 Å². The van der Waals surface area contributed by atoms with Gasteiger partial charge in [-0.2, -0.15) is 0 Å². The van der Waals surface area contributed by atoms with Gasteiger partial charge in [0.15, 0.2) is 0 Å². The highest BCUT2D eigenvalue weighted by atomic mass is 35.5. The minimum absolute atomic E-state index is 0.195. The van der Waals surface area contributed by atoms with E-state index in [1.165, 1.54) is 0 Å². The fourth-order valence-corrected chi connectivity index (χ4v) is 2.57. The number of rotatable bonds is 6. The molecule has 0 aliphatic carbocycles. The Morgan fingerprint density at radius 3 is 2.22 bits per heavy atom. The Morgan fingerprint density at radius 2 is 1.78 bits per heavy atom. The molecule has 0 radical (unpaired) electrons. The van der Waals surface area contributed by atoms with Crippen LogP contribution in [0, 0.1) is 5.92 Å². The Bertz CT molecular complexity index is 363. The van der Waals surface area contributed by atoms with Gasteiger partial charge in [0.25, 0.3) is 0 Å². The lowest BCUT2D eigenvalue weighted by atomic mass is 10.0. The zero-order valence-electron chi connectivity index (χ0n) is 11.9. The van der Waals surface area contributed by atoms with Gasteiger partial charge in [0, 0.05) is 30.2 Å². The molecule has 1 unspecified atom stereocenters. The normalized spacial score (nSPS) is 13.6. The number of halogens is 1. The molecule has 0 saturated carbocycles. The highest BCUT2D eigenvalue weighted by Crippen LogP contribution is 2.28. The Labute approximate surface area is 116 Å². The van der Waals surface area contributed by atoms with Crippen molar-refractivity contribution in [2.45, 2.75) is 39.8 Å². The monoisotopic (exact) mass is 268 g/mol. The van der Waals surface area contributed by atoms with Gasteiger partial charge < -0.3 is 5.73 Å². The van der Waals surface area contributed by atoms with E-state index in [4.69, 9.17) is 17.3 Å². The highest BCUT2D eigenvalue weighted by molar-refractivity contribution is 6.31. The Morgan fingerprint density at radius 1 is 1.17 bits per heavy atom. The fourth-order valence-electron chi connectivity index (χ4n) is 2.31. The van der Waals surface area contributed by atoms with Crippen molar-refractivity contribution in [1.29, 1.82) is 0 Å². The summed E-state index contributed by atoms with van der Waals surface area (Å²) in [6.45, 7) is 10.5. The second kappa shape index (κ2) is 7.13. The average Bonchev–Trinajstić information content (AvgIpc) is 2.30. The van der Waals surface area contributed by atoms with E-state index in [2.05, 4.69) is 38.7 Å². The third-order valence-corrected chi connectivity index (χ3v) is 3.47. The molecule has 0 aromatic heterocycles. The summed E-state index contributed by atoms with van der Waals surface area (Å²) in [5, 5.41) is 0.808. The number of benzene rings is 1. The van der Waals surface area contributed by atoms with Crippen LogP contribution in [0.4, 0.5) is 0 Å². The minimum Gasteiger partial charge on any atom is -0.329 e. The predicted molar refractivity (Wildman–Crippen MR) is 79.9 cm³/mol. The molecule has 2 nitrogen and oxygen atoms in total. The molecule has 1 rings (SSSR count). The van der Waals surface area contributed by atoms with Crippen LogP contribution in [-0.4, -0.2) is 24.0 Å². The Kier molecular flexibility index (Phi) is 6.13. The molecule has 0 saturated heterocycles. The minimum atomic E-state index is 0.195. The third-order valence-electron chi connectivity index (χ3n) is 3.13. The molecule has 0 fully saturated rings. The van der Waals surface area contributed by atoms with Crippen molar-refractivity contribution in [3.05, 3.63) is 34.9 Å². The number of hydrogen-bond donors (Lipinski definition) is 1. The molecule has 0 spiro atoms. The smallest absolute Gasteiger partial charge is 0.0488 e. The van der Waals surface area contributed by atoms with Crippen molar-refractivity contribution in [2.24, 2.45) is 11.7 Å². The van der Waals surface area contributed by atoms with E-state index in [1.807, 2.05) is 18.2 Å². The molecule has 102 valence electrons. The van der Waals surface area contributed by atoms with Gasteiger partial charge in [-0.25, -0.2) is 0 Å². The summed E-state index contributed by atoms with van der Waals surface area (Å²) in [6, 6.07) is 8.65. The van der Waals surface area contributed by atoms with Crippen molar-refractivity contribution < 1.29 is 0 Å². The average molecular weight is 269 g/mol. The molecular weight excluding hydrogens is 244 g/mol. The SMILES string of the molecule is CC(C)CN(C(C)C)C(CN)c1ccccc1Cl. The maximum atomic E-state index is 6.30. The maximum Gasteiger partial charge on any atom is 0.0488 e. The molecule has 1 aromatic rings. The van der Waals surface area contributed by atoms with Crippen molar-refractivity contribution in [2.75, 3.05) is 13.1 Å². The van der Waals surface area contributed by atoms with E-state index in [0.29, 0.717) is 18.5 Å². The van der Waals surface area contributed by atoms with Crippen LogP contribution in [0.25, 0.3) is 0 Å².